The number of rotatable bonds is 2. The number of thioether (sulfide) groups is 1. The number of nitrogens with zero attached hydrogens (tertiary/aromatic N) is 1. The van der Waals surface area contributed by atoms with E-state index in [0.717, 1.165) is 17.9 Å². The molecule has 0 saturated carbocycles. The van der Waals surface area contributed by atoms with Crippen LogP contribution in [0.15, 0.2) is 22.8 Å². The molecule has 6 heteroatoms. The fourth-order valence-electron chi connectivity index (χ4n) is 1.78. The second-order valence-corrected chi connectivity index (χ2v) is 7.12. The maximum atomic E-state index is 11.4. The standard InChI is InChI=1S/C10H15NO3S2/c1-16(12,13)11-5-4-10(15-8-6-11)9-3-2-7-14-9/h2-3,7,10H,4-6,8H2,1H3/t10-/m0/s1. The fourth-order valence-corrected chi connectivity index (χ4v) is 3.94. The Hall–Kier alpha value is -0.460. The van der Waals surface area contributed by atoms with Crippen LogP contribution in [-0.4, -0.2) is 37.8 Å². The molecule has 0 spiro atoms. The first-order chi connectivity index (χ1) is 7.57. The molecule has 2 heterocycles. The van der Waals surface area contributed by atoms with Gasteiger partial charge in [0, 0.05) is 18.8 Å². The van der Waals surface area contributed by atoms with Gasteiger partial charge in [-0.25, -0.2) is 12.7 Å². The lowest BCUT2D eigenvalue weighted by Crippen LogP contribution is -2.31. The van der Waals surface area contributed by atoms with Crippen LogP contribution in [0.25, 0.3) is 0 Å². The molecule has 1 atom stereocenters. The molecule has 1 aliphatic rings. The van der Waals surface area contributed by atoms with Gasteiger partial charge in [0.25, 0.3) is 0 Å². The highest BCUT2D eigenvalue weighted by molar-refractivity contribution is 7.99. The lowest BCUT2D eigenvalue weighted by atomic mass is 10.2. The average molecular weight is 261 g/mol. The topological polar surface area (TPSA) is 50.5 Å². The molecule has 0 bridgehead atoms. The van der Waals surface area contributed by atoms with E-state index in [9.17, 15) is 8.42 Å². The largest absolute Gasteiger partial charge is 0.468 e. The first-order valence-corrected chi connectivity index (χ1v) is 8.07. The number of hydrogen-bond donors (Lipinski definition) is 0. The predicted molar refractivity (Wildman–Crippen MR) is 64.9 cm³/mol. The Kier molecular flexibility index (Phi) is 3.61. The summed E-state index contributed by atoms with van der Waals surface area (Å²) in [6, 6.07) is 3.82. The summed E-state index contributed by atoms with van der Waals surface area (Å²) in [5.41, 5.74) is 0. The van der Waals surface area contributed by atoms with Crippen molar-refractivity contribution in [1.82, 2.24) is 4.31 Å². The number of furan rings is 1. The smallest absolute Gasteiger partial charge is 0.211 e. The van der Waals surface area contributed by atoms with Crippen LogP contribution in [-0.2, 0) is 10.0 Å². The third kappa shape index (κ3) is 2.81. The van der Waals surface area contributed by atoms with Crippen molar-refractivity contribution in [1.29, 1.82) is 0 Å². The van der Waals surface area contributed by atoms with E-state index >= 15 is 0 Å². The van der Waals surface area contributed by atoms with Crippen molar-refractivity contribution < 1.29 is 12.8 Å². The summed E-state index contributed by atoms with van der Waals surface area (Å²) in [6.07, 6.45) is 3.74. The van der Waals surface area contributed by atoms with Gasteiger partial charge in [0.2, 0.25) is 10.0 Å². The van der Waals surface area contributed by atoms with Gasteiger partial charge >= 0.3 is 0 Å². The van der Waals surface area contributed by atoms with Crippen molar-refractivity contribution in [3.05, 3.63) is 24.2 Å². The summed E-state index contributed by atoms with van der Waals surface area (Å²) < 4.78 is 29.8. The zero-order chi connectivity index (χ0) is 11.6. The van der Waals surface area contributed by atoms with Gasteiger partial charge in [0.15, 0.2) is 0 Å². The highest BCUT2D eigenvalue weighted by Crippen LogP contribution is 2.34. The van der Waals surface area contributed by atoms with Crippen molar-refractivity contribution in [3.63, 3.8) is 0 Å². The third-order valence-corrected chi connectivity index (χ3v) is 5.22. The molecule has 0 aromatic carbocycles. The monoisotopic (exact) mass is 261 g/mol. The van der Waals surface area contributed by atoms with Crippen molar-refractivity contribution in [2.45, 2.75) is 11.7 Å². The Balaban J connectivity index is 2.04. The van der Waals surface area contributed by atoms with Gasteiger partial charge in [-0.2, -0.15) is 0 Å². The van der Waals surface area contributed by atoms with Gasteiger partial charge in [0.1, 0.15) is 5.76 Å². The molecule has 1 aliphatic heterocycles. The van der Waals surface area contributed by atoms with Crippen LogP contribution in [0.1, 0.15) is 17.4 Å². The molecule has 1 fully saturated rings. The molecule has 16 heavy (non-hydrogen) atoms. The van der Waals surface area contributed by atoms with Gasteiger partial charge in [-0.15, -0.1) is 11.8 Å². The van der Waals surface area contributed by atoms with E-state index in [1.165, 1.54) is 6.26 Å². The second kappa shape index (κ2) is 4.81. The van der Waals surface area contributed by atoms with E-state index < -0.39 is 10.0 Å². The molecule has 0 aliphatic carbocycles. The summed E-state index contributed by atoms with van der Waals surface area (Å²) in [6.45, 7) is 1.18. The van der Waals surface area contributed by atoms with Crippen molar-refractivity contribution in [2.75, 3.05) is 25.1 Å². The summed E-state index contributed by atoms with van der Waals surface area (Å²) in [7, 11) is -3.05. The zero-order valence-corrected chi connectivity index (χ0v) is 10.8. The minimum absolute atomic E-state index is 0.279. The van der Waals surface area contributed by atoms with E-state index in [1.807, 2.05) is 12.1 Å². The highest BCUT2D eigenvalue weighted by Gasteiger charge is 2.24. The van der Waals surface area contributed by atoms with Gasteiger partial charge in [-0.05, 0) is 18.6 Å². The lowest BCUT2D eigenvalue weighted by Gasteiger charge is -2.16. The summed E-state index contributed by atoms with van der Waals surface area (Å²) in [5, 5.41) is 0.279. The number of hydrogen-bond acceptors (Lipinski definition) is 4. The minimum atomic E-state index is -3.05. The third-order valence-electron chi connectivity index (χ3n) is 2.63. The molecule has 90 valence electrons. The molecule has 2 rings (SSSR count). The van der Waals surface area contributed by atoms with Gasteiger partial charge in [-0.3, -0.25) is 0 Å². The van der Waals surface area contributed by atoms with Crippen LogP contribution in [0.3, 0.4) is 0 Å². The van der Waals surface area contributed by atoms with E-state index in [1.54, 1.807) is 22.3 Å². The Morgan fingerprint density at radius 2 is 2.31 bits per heavy atom. The zero-order valence-electron chi connectivity index (χ0n) is 9.13. The van der Waals surface area contributed by atoms with Crippen molar-refractivity contribution in [2.24, 2.45) is 0 Å². The second-order valence-electron chi connectivity index (χ2n) is 3.83. The molecule has 0 N–H and O–H groups in total. The molecular weight excluding hydrogens is 246 g/mol. The molecular formula is C10H15NO3S2. The van der Waals surface area contributed by atoms with E-state index in [2.05, 4.69) is 0 Å². The molecule has 0 radical (unpaired) electrons. The SMILES string of the molecule is CS(=O)(=O)N1CCS[C@H](c2ccco2)CC1. The highest BCUT2D eigenvalue weighted by atomic mass is 32.2. The number of sulfonamides is 1. The normalized spacial score (nSPS) is 24.2. The van der Waals surface area contributed by atoms with Crippen molar-refractivity contribution in [3.8, 4) is 0 Å². The first kappa shape index (κ1) is 12.0. The molecule has 1 saturated heterocycles. The van der Waals surface area contributed by atoms with Gasteiger partial charge < -0.3 is 4.42 Å². The molecule has 1 aromatic rings. The van der Waals surface area contributed by atoms with Crippen LogP contribution in [0.4, 0.5) is 0 Å². The first-order valence-electron chi connectivity index (χ1n) is 5.17. The fraction of sp³-hybridized carbons (Fsp3) is 0.600. The van der Waals surface area contributed by atoms with Crippen LogP contribution in [0.2, 0.25) is 0 Å². The molecule has 1 aromatic heterocycles. The Bertz CT molecular complexity index is 427. The minimum Gasteiger partial charge on any atom is -0.468 e. The molecule has 4 nitrogen and oxygen atoms in total. The van der Waals surface area contributed by atoms with E-state index in [4.69, 9.17) is 4.42 Å². The molecule has 0 unspecified atom stereocenters. The average Bonchev–Trinajstić information content (AvgIpc) is 2.60. The molecule has 0 amide bonds. The van der Waals surface area contributed by atoms with Crippen LogP contribution in [0, 0.1) is 0 Å². The Labute approximate surface area is 100 Å². The van der Waals surface area contributed by atoms with Gasteiger partial charge in [0.05, 0.1) is 17.8 Å². The summed E-state index contributed by atoms with van der Waals surface area (Å²) in [5.74, 6) is 1.76. The maximum Gasteiger partial charge on any atom is 0.211 e. The van der Waals surface area contributed by atoms with Crippen molar-refractivity contribution >= 4 is 21.8 Å². The van der Waals surface area contributed by atoms with Crippen LogP contribution >= 0.6 is 11.8 Å². The maximum absolute atomic E-state index is 11.4. The Morgan fingerprint density at radius 1 is 1.50 bits per heavy atom. The lowest BCUT2D eigenvalue weighted by molar-refractivity contribution is 0.420. The quantitative estimate of drug-likeness (QED) is 0.813. The van der Waals surface area contributed by atoms with Crippen LogP contribution in [0.5, 0.6) is 0 Å². The van der Waals surface area contributed by atoms with Crippen LogP contribution < -0.4 is 0 Å². The van der Waals surface area contributed by atoms with Gasteiger partial charge in [-0.1, -0.05) is 0 Å². The van der Waals surface area contributed by atoms with E-state index in [-0.39, 0.29) is 5.25 Å². The Morgan fingerprint density at radius 3 is 2.94 bits per heavy atom. The predicted octanol–water partition coefficient (Wildman–Crippen LogP) is 1.72. The summed E-state index contributed by atoms with van der Waals surface area (Å²) >= 11 is 1.76. The van der Waals surface area contributed by atoms with E-state index in [0.29, 0.717) is 13.1 Å². The summed E-state index contributed by atoms with van der Waals surface area (Å²) in [4.78, 5) is 0.